The molecule has 1 aliphatic rings. The van der Waals surface area contributed by atoms with Crippen LogP contribution in [-0.2, 0) is 10.5 Å². The zero-order valence-electron chi connectivity index (χ0n) is 16.0. The van der Waals surface area contributed by atoms with E-state index in [1.807, 2.05) is 47.4 Å². The van der Waals surface area contributed by atoms with Gasteiger partial charge in [0.2, 0.25) is 5.91 Å². The highest BCUT2D eigenvalue weighted by atomic mass is 16.3. The molecule has 1 saturated heterocycles. The Morgan fingerprint density at radius 1 is 1.03 bits per heavy atom. The molecule has 1 amide bonds. The molecule has 0 aliphatic carbocycles. The lowest BCUT2D eigenvalue weighted by Crippen LogP contribution is -2.38. The minimum atomic E-state index is -1.39. The summed E-state index contributed by atoms with van der Waals surface area (Å²) >= 11 is 0. The van der Waals surface area contributed by atoms with Crippen molar-refractivity contribution < 1.29 is 9.90 Å². The highest BCUT2D eigenvalue weighted by Gasteiger charge is 2.40. The zero-order chi connectivity index (χ0) is 20.7. The quantitative estimate of drug-likeness (QED) is 0.713. The van der Waals surface area contributed by atoms with Crippen LogP contribution in [0.5, 0.6) is 0 Å². The molecule has 0 bridgehead atoms. The van der Waals surface area contributed by atoms with Crippen LogP contribution in [0.1, 0.15) is 30.4 Å². The van der Waals surface area contributed by atoms with Gasteiger partial charge in [-0.1, -0.05) is 42.5 Å². The molecule has 3 rings (SSSR count). The molecule has 1 heterocycles. The van der Waals surface area contributed by atoms with Crippen LogP contribution in [-0.4, -0.2) is 24.1 Å². The van der Waals surface area contributed by atoms with Crippen molar-refractivity contribution >= 4 is 17.7 Å². The van der Waals surface area contributed by atoms with Gasteiger partial charge in [-0.3, -0.25) is 4.79 Å². The van der Waals surface area contributed by atoms with Crippen LogP contribution in [0.3, 0.4) is 0 Å². The summed E-state index contributed by atoms with van der Waals surface area (Å²) in [5.74, 6) is -0.287. The first-order valence-electron chi connectivity index (χ1n) is 9.45. The predicted molar refractivity (Wildman–Crippen MR) is 110 cm³/mol. The largest absolute Gasteiger partial charge is 0.369 e. The molecule has 0 saturated carbocycles. The Morgan fingerprint density at radius 2 is 1.66 bits per heavy atom. The van der Waals surface area contributed by atoms with Gasteiger partial charge in [0.25, 0.3) is 0 Å². The molecular weight excluding hydrogens is 364 g/mol. The second-order valence-corrected chi connectivity index (χ2v) is 6.92. The number of carbonyl (C=O) groups excluding carboxylic acids is 1. The lowest BCUT2D eigenvalue weighted by molar-refractivity contribution is -0.120. The lowest BCUT2D eigenvalue weighted by Gasteiger charge is -2.22. The van der Waals surface area contributed by atoms with Gasteiger partial charge in [-0.05, 0) is 23.8 Å². The molecule has 1 aliphatic heterocycles. The van der Waals surface area contributed by atoms with Gasteiger partial charge in [-0.2, -0.15) is 10.5 Å². The molecule has 146 valence electrons. The third kappa shape index (κ3) is 4.82. The maximum atomic E-state index is 12.4. The van der Waals surface area contributed by atoms with Gasteiger partial charge >= 0.3 is 0 Å². The fourth-order valence-corrected chi connectivity index (χ4v) is 3.40. The monoisotopic (exact) mass is 386 g/mol. The van der Waals surface area contributed by atoms with Crippen molar-refractivity contribution in [2.45, 2.75) is 25.0 Å². The smallest absolute Gasteiger partial charge is 0.249 e. The number of rotatable bonds is 7. The van der Waals surface area contributed by atoms with Gasteiger partial charge in [0, 0.05) is 36.3 Å². The summed E-state index contributed by atoms with van der Waals surface area (Å²) in [6.07, 6.45) is 2.73. The number of aliphatic hydroxyl groups is 1. The second kappa shape index (κ2) is 9.05. The average Bonchev–Trinajstić information content (AvgIpc) is 3.04. The van der Waals surface area contributed by atoms with Crippen molar-refractivity contribution in [3.63, 3.8) is 0 Å². The third-order valence-corrected chi connectivity index (χ3v) is 4.90. The highest BCUT2D eigenvalue weighted by Crippen LogP contribution is 2.33. The Morgan fingerprint density at radius 3 is 2.24 bits per heavy atom. The maximum Gasteiger partial charge on any atom is 0.249 e. The summed E-state index contributed by atoms with van der Waals surface area (Å²) < 4.78 is 0. The van der Waals surface area contributed by atoms with Crippen LogP contribution < -0.4 is 10.2 Å². The normalized spacial score (nSPS) is 19.4. The fraction of sp³-hybridized carbons (Fsp3) is 0.261. The Hall–Kier alpha value is -3.61. The standard InChI is InChI=1S/C23H22N4O2/c24-12-4-14-27(15-5-13-25)21-10-8-18(9-11-21)16-19-17-23(29,26-22(19)28)20-6-2-1-3-7-20/h1-3,6-11,16,29H,4-5,14-15,17H2,(H,26,28)/b19-16+. The molecular formula is C23H22N4O2. The number of nitrogens with one attached hydrogen (secondary N) is 1. The Labute approximate surface area is 170 Å². The van der Waals surface area contributed by atoms with Crippen molar-refractivity contribution in [3.05, 3.63) is 71.3 Å². The number of hydrogen-bond acceptors (Lipinski definition) is 5. The van der Waals surface area contributed by atoms with Gasteiger partial charge < -0.3 is 15.3 Å². The first-order chi connectivity index (χ1) is 14.1. The Balaban J connectivity index is 1.76. The van der Waals surface area contributed by atoms with Crippen LogP contribution in [0.4, 0.5) is 5.69 Å². The first kappa shape index (κ1) is 20.1. The number of nitrogens with zero attached hydrogens (tertiary/aromatic N) is 3. The van der Waals surface area contributed by atoms with Gasteiger partial charge in [-0.15, -0.1) is 0 Å². The summed E-state index contributed by atoms with van der Waals surface area (Å²) in [4.78, 5) is 14.4. The van der Waals surface area contributed by atoms with Gasteiger partial charge in [0.05, 0.1) is 25.0 Å². The topological polar surface area (TPSA) is 100 Å². The van der Waals surface area contributed by atoms with Crippen molar-refractivity contribution in [1.29, 1.82) is 10.5 Å². The van der Waals surface area contributed by atoms with E-state index in [9.17, 15) is 9.90 Å². The molecule has 1 atom stereocenters. The molecule has 6 nitrogen and oxygen atoms in total. The van der Waals surface area contributed by atoms with E-state index in [2.05, 4.69) is 17.5 Å². The number of amides is 1. The summed E-state index contributed by atoms with van der Waals surface area (Å²) in [6, 6.07) is 20.9. The van der Waals surface area contributed by atoms with Crippen LogP contribution >= 0.6 is 0 Å². The number of nitriles is 2. The third-order valence-electron chi connectivity index (χ3n) is 4.90. The van der Waals surface area contributed by atoms with Gasteiger partial charge in [-0.25, -0.2) is 0 Å². The van der Waals surface area contributed by atoms with Crippen LogP contribution in [0.2, 0.25) is 0 Å². The zero-order valence-corrected chi connectivity index (χ0v) is 16.0. The Kier molecular flexibility index (Phi) is 6.29. The van der Waals surface area contributed by atoms with Crippen LogP contribution in [0.15, 0.2) is 60.2 Å². The lowest BCUT2D eigenvalue weighted by atomic mass is 9.98. The van der Waals surface area contributed by atoms with Crippen molar-refractivity contribution in [2.24, 2.45) is 0 Å². The predicted octanol–water partition coefficient (Wildman–Crippen LogP) is 3.07. The summed E-state index contributed by atoms with van der Waals surface area (Å²) in [5.41, 5.74) is 1.54. The Bertz CT molecular complexity index is 953. The van der Waals surface area contributed by atoms with E-state index in [1.165, 1.54) is 0 Å². The highest BCUT2D eigenvalue weighted by molar-refractivity contribution is 6.00. The maximum absolute atomic E-state index is 12.4. The number of hydrogen-bond donors (Lipinski definition) is 2. The molecule has 2 aromatic rings. The van der Waals surface area contributed by atoms with E-state index in [1.54, 1.807) is 18.2 Å². The minimum absolute atomic E-state index is 0.189. The molecule has 2 N–H and O–H groups in total. The van der Waals surface area contributed by atoms with E-state index >= 15 is 0 Å². The second-order valence-electron chi connectivity index (χ2n) is 6.92. The van der Waals surface area contributed by atoms with Crippen LogP contribution in [0, 0.1) is 22.7 Å². The molecule has 1 unspecified atom stereocenters. The number of anilines is 1. The summed E-state index contributed by atoms with van der Waals surface area (Å²) in [7, 11) is 0. The first-order valence-corrected chi connectivity index (χ1v) is 9.45. The van der Waals surface area contributed by atoms with Crippen LogP contribution in [0.25, 0.3) is 6.08 Å². The van der Waals surface area contributed by atoms with E-state index < -0.39 is 5.72 Å². The van der Waals surface area contributed by atoms with Crippen molar-refractivity contribution in [3.8, 4) is 12.1 Å². The molecule has 0 aromatic heterocycles. The number of carbonyl (C=O) groups is 1. The minimum Gasteiger partial charge on any atom is -0.369 e. The average molecular weight is 386 g/mol. The molecule has 2 aromatic carbocycles. The van der Waals surface area contributed by atoms with Gasteiger partial charge in [0.1, 0.15) is 0 Å². The molecule has 0 spiro atoms. The van der Waals surface area contributed by atoms with Gasteiger partial charge in [0.15, 0.2) is 5.72 Å². The molecule has 29 heavy (non-hydrogen) atoms. The van der Waals surface area contributed by atoms with Crippen molar-refractivity contribution in [2.75, 3.05) is 18.0 Å². The van der Waals surface area contributed by atoms with Crippen molar-refractivity contribution in [1.82, 2.24) is 5.32 Å². The van der Waals surface area contributed by atoms with E-state index in [0.717, 1.165) is 11.3 Å². The summed E-state index contributed by atoms with van der Waals surface area (Å²) in [6.45, 7) is 1.12. The molecule has 1 fully saturated rings. The van der Waals surface area contributed by atoms with E-state index in [0.29, 0.717) is 37.1 Å². The SMILES string of the molecule is N#CCCN(CCC#N)c1ccc(/C=C2\CC(O)(c3ccccc3)NC2=O)cc1. The molecule has 0 radical (unpaired) electrons. The van der Waals surface area contributed by atoms with E-state index in [-0.39, 0.29) is 12.3 Å². The summed E-state index contributed by atoms with van der Waals surface area (Å²) in [5, 5.41) is 31.2. The van der Waals surface area contributed by atoms with E-state index in [4.69, 9.17) is 10.5 Å². The number of benzene rings is 2. The fourth-order valence-electron chi connectivity index (χ4n) is 3.40. The molecule has 6 heteroatoms.